The van der Waals surface area contributed by atoms with Crippen LogP contribution in [-0.2, 0) is 52.6 Å². The number of nitrogens with one attached hydrogen (secondary N) is 2. The molecule has 4 aliphatic rings. The molecule has 17 nitrogen and oxygen atoms in total. The molecule has 0 aliphatic carbocycles. The molecular weight excluding hydrogens is 660 g/mol. The Hall–Kier alpha value is -3.22. The van der Waals surface area contributed by atoms with E-state index in [0.29, 0.717) is 24.3 Å². The number of likely N-dealkylation sites (tertiary alicyclic amines) is 1. The number of hydrogen-bond donors (Lipinski definition) is 4. The molecule has 4 heterocycles. The first-order valence-electron chi connectivity index (χ1n) is 17.7. The number of rotatable bonds is 16. The van der Waals surface area contributed by atoms with Gasteiger partial charge in [-0.2, -0.15) is 0 Å². The lowest BCUT2D eigenvalue weighted by Crippen LogP contribution is -2.56. The molecule has 50 heavy (non-hydrogen) atoms. The molecule has 4 aliphatic heterocycles. The normalized spacial score (nSPS) is 30.2. The maximum atomic E-state index is 13.5. The van der Waals surface area contributed by atoms with Crippen molar-refractivity contribution in [3.8, 4) is 0 Å². The smallest absolute Gasteiger partial charge is 0.333 e. The molecule has 0 bridgehead atoms. The largest absolute Gasteiger partial charge is 0.388 e. The summed E-state index contributed by atoms with van der Waals surface area (Å²) in [6.45, 7) is 4.27. The van der Waals surface area contributed by atoms with E-state index in [1.165, 1.54) is 4.90 Å². The minimum atomic E-state index is -0.837. The molecule has 0 aromatic carbocycles. The summed E-state index contributed by atoms with van der Waals surface area (Å²) < 4.78 is 22.5. The van der Waals surface area contributed by atoms with E-state index in [4.69, 9.17) is 23.8 Å². The Morgan fingerprint density at radius 3 is 1.88 bits per heavy atom. The molecule has 4 N–H and O–H groups in total. The Balaban J connectivity index is 1.26. The molecule has 17 heteroatoms. The van der Waals surface area contributed by atoms with Gasteiger partial charge in [-0.05, 0) is 65.2 Å². The third kappa shape index (κ3) is 11.7. The number of piperidine rings is 1. The summed E-state index contributed by atoms with van der Waals surface area (Å²) in [5.41, 5.74) is 0. The van der Waals surface area contributed by atoms with Crippen molar-refractivity contribution < 1.29 is 62.8 Å². The standard InChI is InChI=1S/C33H52N4O13/c1-20-7-11-24(38)32(48-20)46-17-15-34-30(44)22-9-10-23(31(45)35-16-18-47-33-25(39)12-8-21(2)49-33)36(19-22)26(40)5-3-4-6-29(43)50-37-27(41)13-14-28(37)42/h20-25,32-33,38-39H,3-19H2,1-2H3,(H,34,44)(H,35,45)/t20-,21-,22+,23+,24-,25-,32+,33+/m0/s1. The summed E-state index contributed by atoms with van der Waals surface area (Å²) in [5, 5.41) is 26.3. The minimum absolute atomic E-state index is 0.00327. The van der Waals surface area contributed by atoms with Crippen molar-refractivity contribution in [3.63, 3.8) is 0 Å². The van der Waals surface area contributed by atoms with Crippen LogP contribution in [-0.4, -0.2) is 132 Å². The molecule has 8 atom stereocenters. The second-order valence-corrected chi connectivity index (χ2v) is 13.3. The second kappa shape index (κ2) is 19.4. The van der Waals surface area contributed by atoms with E-state index < -0.39 is 60.4 Å². The molecule has 282 valence electrons. The van der Waals surface area contributed by atoms with Crippen LogP contribution in [0.4, 0.5) is 0 Å². The van der Waals surface area contributed by atoms with Crippen molar-refractivity contribution in [3.05, 3.63) is 0 Å². The fourth-order valence-corrected chi connectivity index (χ4v) is 6.35. The summed E-state index contributed by atoms with van der Waals surface area (Å²) >= 11 is 0. The van der Waals surface area contributed by atoms with Crippen LogP contribution < -0.4 is 10.6 Å². The molecule has 0 radical (unpaired) electrons. The first kappa shape index (κ1) is 39.6. The third-order valence-corrected chi connectivity index (χ3v) is 9.26. The van der Waals surface area contributed by atoms with E-state index in [2.05, 4.69) is 10.6 Å². The number of carbonyl (C=O) groups excluding carboxylic acids is 6. The zero-order chi connectivity index (χ0) is 36.2. The van der Waals surface area contributed by atoms with E-state index in [-0.39, 0.29) is 102 Å². The number of hydrogen-bond acceptors (Lipinski definition) is 13. The van der Waals surface area contributed by atoms with Gasteiger partial charge in [-0.1, -0.05) is 0 Å². The van der Waals surface area contributed by atoms with Crippen LogP contribution in [0.15, 0.2) is 0 Å². The van der Waals surface area contributed by atoms with Gasteiger partial charge in [-0.15, -0.1) is 5.06 Å². The van der Waals surface area contributed by atoms with Gasteiger partial charge in [0, 0.05) is 45.3 Å². The van der Waals surface area contributed by atoms with Crippen molar-refractivity contribution in [2.75, 3.05) is 32.8 Å². The summed E-state index contributed by atoms with van der Waals surface area (Å²) in [7, 11) is 0. The minimum Gasteiger partial charge on any atom is -0.388 e. The van der Waals surface area contributed by atoms with E-state index in [1.54, 1.807) is 0 Å². The molecule has 0 aromatic rings. The van der Waals surface area contributed by atoms with Crippen LogP contribution in [0.1, 0.15) is 90.9 Å². The Morgan fingerprint density at radius 2 is 1.30 bits per heavy atom. The molecule has 4 fully saturated rings. The van der Waals surface area contributed by atoms with Gasteiger partial charge < -0.3 is 49.5 Å². The Labute approximate surface area is 291 Å². The average molecular weight is 713 g/mol. The molecule has 0 unspecified atom stereocenters. The van der Waals surface area contributed by atoms with Gasteiger partial charge in [-0.3, -0.25) is 24.0 Å². The average Bonchev–Trinajstić information content (AvgIpc) is 3.41. The lowest BCUT2D eigenvalue weighted by molar-refractivity contribution is -0.235. The van der Waals surface area contributed by atoms with Gasteiger partial charge in [0.15, 0.2) is 12.6 Å². The SMILES string of the molecule is C[C@H]1CC[C@H](O)[C@H](OCCNC(=O)[C@@H]2CC[C@H](C(=O)NCCO[C@@H]3O[C@@H](C)CC[C@@H]3O)N(C(=O)CCCCC(=O)ON3C(=O)CCC3=O)C2)O1. The monoisotopic (exact) mass is 712 g/mol. The predicted molar refractivity (Wildman–Crippen MR) is 171 cm³/mol. The molecule has 0 spiro atoms. The highest BCUT2D eigenvalue weighted by Crippen LogP contribution is 2.25. The van der Waals surface area contributed by atoms with Gasteiger partial charge in [0.05, 0.1) is 31.3 Å². The molecule has 5 amide bonds. The molecule has 4 saturated heterocycles. The number of hydroxylamine groups is 2. The maximum absolute atomic E-state index is 13.5. The van der Waals surface area contributed by atoms with Crippen LogP contribution in [0.25, 0.3) is 0 Å². The third-order valence-electron chi connectivity index (χ3n) is 9.26. The van der Waals surface area contributed by atoms with E-state index >= 15 is 0 Å². The number of nitrogens with zero attached hydrogens (tertiary/aromatic N) is 2. The van der Waals surface area contributed by atoms with Crippen molar-refractivity contribution in [2.24, 2.45) is 5.92 Å². The van der Waals surface area contributed by atoms with Crippen LogP contribution in [0.5, 0.6) is 0 Å². The van der Waals surface area contributed by atoms with Crippen LogP contribution in [0, 0.1) is 5.92 Å². The highest BCUT2D eigenvalue weighted by atomic mass is 16.7. The number of unbranched alkanes of at least 4 members (excludes halogenated alkanes) is 1. The van der Waals surface area contributed by atoms with Crippen LogP contribution in [0.2, 0.25) is 0 Å². The van der Waals surface area contributed by atoms with Crippen LogP contribution in [0.3, 0.4) is 0 Å². The zero-order valence-electron chi connectivity index (χ0n) is 28.9. The second-order valence-electron chi connectivity index (χ2n) is 13.3. The highest BCUT2D eigenvalue weighted by Gasteiger charge is 2.38. The highest BCUT2D eigenvalue weighted by molar-refractivity contribution is 6.01. The van der Waals surface area contributed by atoms with Crippen molar-refractivity contribution in [2.45, 2.75) is 134 Å². The first-order valence-corrected chi connectivity index (χ1v) is 17.7. The lowest BCUT2D eigenvalue weighted by Gasteiger charge is -2.38. The molecule has 0 aromatic heterocycles. The number of aliphatic hydroxyl groups excluding tert-OH is 2. The molecule has 0 saturated carbocycles. The first-order chi connectivity index (χ1) is 23.9. The topological polar surface area (TPSA) is 220 Å². The van der Waals surface area contributed by atoms with Gasteiger partial charge in [0.1, 0.15) is 18.2 Å². The summed E-state index contributed by atoms with van der Waals surface area (Å²) in [5.74, 6) is -3.58. The van der Waals surface area contributed by atoms with Crippen molar-refractivity contribution >= 4 is 35.5 Å². The summed E-state index contributed by atoms with van der Waals surface area (Å²) in [4.78, 5) is 81.7. The number of amides is 5. The Bertz CT molecular complexity index is 1190. The lowest BCUT2D eigenvalue weighted by atomic mass is 9.91. The van der Waals surface area contributed by atoms with E-state index in [9.17, 15) is 39.0 Å². The fraction of sp³-hybridized carbons (Fsp3) is 0.818. The summed E-state index contributed by atoms with van der Waals surface area (Å²) in [6, 6.07) is -0.837. The number of aliphatic hydroxyl groups is 2. The molecular formula is C33H52N4O13. The van der Waals surface area contributed by atoms with Gasteiger partial charge in [-0.25, -0.2) is 4.79 Å². The number of carbonyl (C=O) groups is 6. The Morgan fingerprint density at radius 1 is 0.760 bits per heavy atom. The van der Waals surface area contributed by atoms with Gasteiger partial charge in [0.2, 0.25) is 17.7 Å². The van der Waals surface area contributed by atoms with Crippen LogP contribution >= 0.6 is 0 Å². The fourth-order valence-electron chi connectivity index (χ4n) is 6.35. The number of imide groups is 1. The quantitative estimate of drug-likeness (QED) is 0.121. The maximum Gasteiger partial charge on any atom is 0.333 e. The van der Waals surface area contributed by atoms with E-state index in [0.717, 1.165) is 12.8 Å². The number of ether oxygens (including phenoxy) is 4. The summed E-state index contributed by atoms with van der Waals surface area (Å²) in [6.07, 6.45) is 0.353. The van der Waals surface area contributed by atoms with Crippen molar-refractivity contribution in [1.82, 2.24) is 20.6 Å². The molecule has 4 rings (SSSR count). The van der Waals surface area contributed by atoms with Crippen molar-refractivity contribution in [1.29, 1.82) is 0 Å². The predicted octanol–water partition coefficient (Wildman–Crippen LogP) is -0.201. The Kier molecular flexibility index (Phi) is 15.4. The zero-order valence-corrected chi connectivity index (χ0v) is 28.9. The van der Waals surface area contributed by atoms with Gasteiger partial charge >= 0.3 is 5.97 Å². The van der Waals surface area contributed by atoms with E-state index in [1.807, 2.05) is 13.8 Å². The van der Waals surface area contributed by atoms with Gasteiger partial charge in [0.25, 0.3) is 11.8 Å².